The van der Waals surface area contributed by atoms with Crippen LogP contribution in [0.3, 0.4) is 0 Å². The van der Waals surface area contributed by atoms with Gasteiger partial charge in [-0.15, -0.1) is 0 Å². The van der Waals surface area contributed by atoms with E-state index in [1.54, 1.807) is 6.92 Å². The molecule has 0 radical (unpaired) electrons. The molecule has 0 aliphatic heterocycles. The SMILES string of the molecule is CCc1cc(CCC(=O)O)c(C(F)(F)F)cc1OCc1c(Cl)nsc1-c1ccccc1C. The molecule has 0 fully saturated rings. The molecule has 2 aromatic carbocycles. The second-order valence-electron chi connectivity index (χ2n) is 7.25. The number of halogens is 4. The van der Waals surface area contributed by atoms with Crippen molar-refractivity contribution in [1.29, 1.82) is 0 Å². The van der Waals surface area contributed by atoms with Gasteiger partial charge in [0.2, 0.25) is 0 Å². The van der Waals surface area contributed by atoms with Crippen molar-refractivity contribution < 1.29 is 27.8 Å². The standard InChI is InChI=1S/C23H21ClF3NO3S/c1-3-14-10-15(8-9-20(29)30)18(23(25,26)27)11-19(14)31-12-17-21(32-28-22(17)24)16-7-5-4-6-13(16)2/h4-7,10-11H,3,8-9,12H2,1-2H3,(H,29,30). The van der Waals surface area contributed by atoms with E-state index in [4.69, 9.17) is 21.4 Å². The highest BCUT2D eigenvalue weighted by molar-refractivity contribution is 7.10. The first-order chi connectivity index (χ1) is 15.1. The van der Waals surface area contributed by atoms with Crippen molar-refractivity contribution in [2.24, 2.45) is 0 Å². The van der Waals surface area contributed by atoms with Gasteiger partial charge in [0.1, 0.15) is 17.5 Å². The number of benzene rings is 2. The Balaban J connectivity index is 1.96. The van der Waals surface area contributed by atoms with Crippen molar-refractivity contribution in [2.45, 2.75) is 45.9 Å². The summed E-state index contributed by atoms with van der Waals surface area (Å²) < 4.78 is 51.0. The van der Waals surface area contributed by atoms with Crippen LogP contribution in [0, 0.1) is 6.92 Å². The molecule has 3 aromatic rings. The van der Waals surface area contributed by atoms with Crippen LogP contribution in [-0.2, 0) is 30.4 Å². The molecule has 0 atom stereocenters. The fourth-order valence-corrected chi connectivity index (χ4v) is 4.59. The van der Waals surface area contributed by atoms with Crippen LogP contribution in [0.25, 0.3) is 10.4 Å². The molecular formula is C23H21ClF3NO3S. The zero-order valence-corrected chi connectivity index (χ0v) is 19.0. The van der Waals surface area contributed by atoms with Crippen LogP contribution in [0.15, 0.2) is 36.4 Å². The normalized spacial score (nSPS) is 11.6. The molecule has 0 aliphatic carbocycles. The van der Waals surface area contributed by atoms with E-state index in [1.165, 1.54) is 17.6 Å². The first kappa shape index (κ1) is 24.1. The van der Waals surface area contributed by atoms with Gasteiger partial charge in [-0.1, -0.05) is 48.9 Å². The molecule has 9 heteroatoms. The predicted octanol–water partition coefficient (Wildman–Crippen LogP) is 6.95. The average Bonchev–Trinajstić information content (AvgIpc) is 3.10. The summed E-state index contributed by atoms with van der Waals surface area (Å²) in [6, 6.07) is 10.0. The Morgan fingerprint density at radius 3 is 2.56 bits per heavy atom. The quantitative estimate of drug-likeness (QED) is 0.376. The van der Waals surface area contributed by atoms with Gasteiger partial charge < -0.3 is 9.84 Å². The molecule has 32 heavy (non-hydrogen) atoms. The monoisotopic (exact) mass is 483 g/mol. The summed E-state index contributed by atoms with van der Waals surface area (Å²) in [6.45, 7) is 3.71. The molecule has 1 N–H and O–H groups in total. The maximum atomic E-state index is 13.7. The Morgan fingerprint density at radius 2 is 1.94 bits per heavy atom. The Morgan fingerprint density at radius 1 is 1.22 bits per heavy atom. The minimum atomic E-state index is -4.63. The third kappa shape index (κ3) is 5.42. The summed E-state index contributed by atoms with van der Waals surface area (Å²) in [6.07, 6.45) is -4.81. The maximum Gasteiger partial charge on any atom is 0.416 e. The molecular weight excluding hydrogens is 463 g/mol. The number of carboxylic acid groups (broad SMARTS) is 1. The van der Waals surface area contributed by atoms with Gasteiger partial charge in [-0.2, -0.15) is 17.5 Å². The van der Waals surface area contributed by atoms with E-state index in [1.807, 2.05) is 31.2 Å². The van der Waals surface area contributed by atoms with E-state index < -0.39 is 17.7 Å². The molecule has 0 bridgehead atoms. The summed E-state index contributed by atoms with van der Waals surface area (Å²) >= 11 is 7.48. The van der Waals surface area contributed by atoms with Crippen LogP contribution < -0.4 is 4.74 Å². The van der Waals surface area contributed by atoms with Crippen LogP contribution in [0.5, 0.6) is 5.75 Å². The Kier molecular flexibility index (Phi) is 7.46. The van der Waals surface area contributed by atoms with Crippen LogP contribution in [-0.4, -0.2) is 15.4 Å². The average molecular weight is 484 g/mol. The third-order valence-corrected chi connectivity index (χ3v) is 6.42. The second-order valence-corrected chi connectivity index (χ2v) is 8.38. The predicted molar refractivity (Wildman–Crippen MR) is 118 cm³/mol. The molecule has 0 saturated carbocycles. The smallest absolute Gasteiger partial charge is 0.416 e. The van der Waals surface area contributed by atoms with Gasteiger partial charge in [-0.05, 0) is 59.6 Å². The van der Waals surface area contributed by atoms with Crippen molar-refractivity contribution in [3.8, 4) is 16.2 Å². The molecule has 3 rings (SSSR count). The Hall–Kier alpha value is -2.58. The van der Waals surface area contributed by atoms with Crippen molar-refractivity contribution >= 4 is 29.1 Å². The number of aliphatic carboxylic acids is 1. The minimum absolute atomic E-state index is 0.0439. The van der Waals surface area contributed by atoms with Gasteiger partial charge >= 0.3 is 12.1 Å². The largest absolute Gasteiger partial charge is 0.488 e. The van der Waals surface area contributed by atoms with Crippen molar-refractivity contribution in [3.05, 3.63) is 69.4 Å². The number of nitrogens with zero attached hydrogens (tertiary/aromatic N) is 1. The topological polar surface area (TPSA) is 59.4 Å². The number of aryl methyl sites for hydroxylation is 3. The van der Waals surface area contributed by atoms with Gasteiger partial charge in [-0.25, -0.2) is 0 Å². The molecule has 1 heterocycles. The lowest BCUT2D eigenvalue weighted by molar-refractivity contribution is -0.140. The van der Waals surface area contributed by atoms with Gasteiger partial charge in [0.25, 0.3) is 0 Å². The number of carboxylic acids is 1. The zero-order valence-electron chi connectivity index (χ0n) is 17.4. The van der Waals surface area contributed by atoms with Crippen molar-refractivity contribution in [1.82, 2.24) is 4.37 Å². The molecule has 0 spiro atoms. The minimum Gasteiger partial charge on any atom is -0.488 e. The van der Waals surface area contributed by atoms with Crippen LogP contribution in [0.1, 0.15) is 41.2 Å². The highest BCUT2D eigenvalue weighted by Crippen LogP contribution is 2.39. The Bertz CT molecular complexity index is 1130. The van der Waals surface area contributed by atoms with Crippen molar-refractivity contribution in [3.63, 3.8) is 0 Å². The van der Waals surface area contributed by atoms with E-state index >= 15 is 0 Å². The van der Waals surface area contributed by atoms with Gasteiger partial charge in [0.15, 0.2) is 0 Å². The molecule has 0 unspecified atom stereocenters. The highest BCUT2D eigenvalue weighted by Gasteiger charge is 2.34. The summed E-state index contributed by atoms with van der Waals surface area (Å²) in [5.41, 5.74) is 2.18. The van der Waals surface area contributed by atoms with Gasteiger partial charge in [0.05, 0.1) is 10.4 Å². The molecule has 0 aliphatic rings. The molecule has 0 saturated heterocycles. The molecule has 170 valence electrons. The lowest BCUT2D eigenvalue weighted by Crippen LogP contribution is -2.12. The van der Waals surface area contributed by atoms with Crippen LogP contribution >= 0.6 is 23.1 Å². The number of hydrogen-bond acceptors (Lipinski definition) is 4. The number of carbonyl (C=O) groups is 1. The number of alkyl halides is 3. The first-order valence-corrected chi connectivity index (χ1v) is 11.0. The van der Waals surface area contributed by atoms with Crippen LogP contribution in [0.2, 0.25) is 5.15 Å². The lowest BCUT2D eigenvalue weighted by Gasteiger charge is -2.18. The molecule has 0 amide bonds. The second kappa shape index (κ2) is 9.92. The lowest BCUT2D eigenvalue weighted by atomic mass is 9.97. The van der Waals surface area contributed by atoms with Crippen molar-refractivity contribution in [2.75, 3.05) is 0 Å². The van der Waals surface area contributed by atoms with Gasteiger partial charge in [-0.3, -0.25) is 4.79 Å². The fraction of sp³-hybridized carbons (Fsp3) is 0.304. The van der Waals surface area contributed by atoms with E-state index in [9.17, 15) is 18.0 Å². The van der Waals surface area contributed by atoms with E-state index in [-0.39, 0.29) is 35.9 Å². The number of aromatic nitrogens is 1. The summed E-state index contributed by atoms with van der Waals surface area (Å²) in [5, 5.41) is 9.13. The van der Waals surface area contributed by atoms with E-state index in [0.29, 0.717) is 17.5 Å². The molecule has 4 nitrogen and oxygen atoms in total. The van der Waals surface area contributed by atoms with Crippen LogP contribution in [0.4, 0.5) is 13.2 Å². The van der Waals surface area contributed by atoms with E-state index in [2.05, 4.69) is 4.37 Å². The number of ether oxygens (including phenoxy) is 1. The number of rotatable bonds is 8. The number of hydrogen-bond donors (Lipinski definition) is 1. The van der Waals surface area contributed by atoms with E-state index in [0.717, 1.165) is 22.1 Å². The highest BCUT2D eigenvalue weighted by atomic mass is 35.5. The molecule has 1 aromatic heterocycles. The maximum absolute atomic E-state index is 13.7. The summed E-state index contributed by atoms with van der Waals surface area (Å²) in [4.78, 5) is 11.7. The van der Waals surface area contributed by atoms with Gasteiger partial charge in [0, 0.05) is 12.0 Å². The fourth-order valence-electron chi connectivity index (χ4n) is 3.40. The zero-order chi connectivity index (χ0) is 23.5. The summed E-state index contributed by atoms with van der Waals surface area (Å²) in [5.74, 6) is -1.06. The summed E-state index contributed by atoms with van der Waals surface area (Å²) in [7, 11) is 0. The first-order valence-electron chi connectivity index (χ1n) is 9.89. The third-order valence-electron chi connectivity index (χ3n) is 5.08. The Labute approximate surface area is 192 Å².